The quantitative estimate of drug-likeness (QED) is 0.571. The van der Waals surface area contributed by atoms with E-state index in [0.717, 1.165) is 29.1 Å². The molecule has 7 nitrogen and oxygen atoms in total. The Kier molecular flexibility index (Phi) is 4.95. The fraction of sp³-hybridized carbons (Fsp3) is 0.278. The molecule has 0 radical (unpaired) electrons. The van der Waals surface area contributed by atoms with Crippen LogP contribution in [0, 0.1) is 0 Å². The number of nitrogens with one attached hydrogen (secondary N) is 2. The van der Waals surface area contributed by atoms with E-state index in [2.05, 4.69) is 25.6 Å². The van der Waals surface area contributed by atoms with Crippen LogP contribution in [0.5, 0.6) is 0 Å². The zero-order valence-electron chi connectivity index (χ0n) is 14.3. The van der Waals surface area contributed by atoms with E-state index < -0.39 is 5.97 Å². The minimum Gasteiger partial charge on any atom is -0.477 e. The van der Waals surface area contributed by atoms with Gasteiger partial charge in [-0.3, -0.25) is 4.98 Å². The Morgan fingerprint density at radius 1 is 1.19 bits per heavy atom. The standard InChI is InChI=1S/C18H17N5O2S2/c24-17(25)14-7-6-13(27-14)12-9-19-11-5-8-15(22-16(11)21-12)23-18(26)20-10-3-1-2-4-10/h5-10H,1-4H2,(H,24,25)(H2,20,21,22,23,26). The molecule has 0 unspecified atom stereocenters. The molecule has 0 bridgehead atoms. The van der Waals surface area contributed by atoms with Gasteiger partial charge in [-0.25, -0.2) is 14.8 Å². The molecule has 9 heteroatoms. The van der Waals surface area contributed by atoms with Gasteiger partial charge in [0.15, 0.2) is 10.8 Å². The largest absolute Gasteiger partial charge is 0.477 e. The topological polar surface area (TPSA) is 100 Å². The lowest BCUT2D eigenvalue weighted by molar-refractivity contribution is 0.0702. The molecule has 1 aliphatic rings. The summed E-state index contributed by atoms with van der Waals surface area (Å²) in [5, 5.41) is 16.1. The van der Waals surface area contributed by atoms with Crippen LogP contribution in [0.2, 0.25) is 0 Å². The lowest BCUT2D eigenvalue weighted by Gasteiger charge is -2.15. The second kappa shape index (κ2) is 7.53. The van der Waals surface area contributed by atoms with Crippen LogP contribution >= 0.6 is 23.6 Å². The summed E-state index contributed by atoms with van der Waals surface area (Å²) in [6, 6.07) is 7.36. The molecule has 0 aromatic carbocycles. The lowest BCUT2D eigenvalue weighted by atomic mass is 10.3. The van der Waals surface area contributed by atoms with Gasteiger partial charge in [-0.2, -0.15) is 0 Å². The number of thiophene rings is 1. The predicted molar refractivity (Wildman–Crippen MR) is 109 cm³/mol. The normalized spacial score (nSPS) is 14.4. The average molecular weight is 400 g/mol. The van der Waals surface area contributed by atoms with Crippen LogP contribution in [-0.2, 0) is 0 Å². The van der Waals surface area contributed by atoms with Crippen LogP contribution in [0.4, 0.5) is 5.82 Å². The molecule has 0 spiro atoms. The van der Waals surface area contributed by atoms with Gasteiger partial charge in [0.1, 0.15) is 21.9 Å². The first-order chi connectivity index (χ1) is 13.1. The zero-order valence-corrected chi connectivity index (χ0v) is 15.9. The first kappa shape index (κ1) is 17.7. The number of hydrogen-bond acceptors (Lipinski definition) is 6. The van der Waals surface area contributed by atoms with E-state index in [9.17, 15) is 4.79 Å². The summed E-state index contributed by atoms with van der Waals surface area (Å²) in [7, 11) is 0. The maximum atomic E-state index is 11.1. The molecule has 3 aromatic heterocycles. The zero-order chi connectivity index (χ0) is 18.8. The summed E-state index contributed by atoms with van der Waals surface area (Å²) in [5.74, 6) is -0.352. The summed E-state index contributed by atoms with van der Waals surface area (Å²) < 4.78 is 0. The molecule has 1 saturated carbocycles. The van der Waals surface area contributed by atoms with Crippen molar-refractivity contribution in [1.29, 1.82) is 0 Å². The van der Waals surface area contributed by atoms with Crippen molar-refractivity contribution in [3.8, 4) is 10.6 Å². The van der Waals surface area contributed by atoms with Crippen LogP contribution < -0.4 is 10.6 Å². The number of nitrogens with zero attached hydrogens (tertiary/aromatic N) is 3. The number of carboxylic acids is 1. The average Bonchev–Trinajstić information content (AvgIpc) is 3.33. The molecular formula is C18H17N5O2S2. The summed E-state index contributed by atoms with van der Waals surface area (Å²) in [5.41, 5.74) is 1.73. The van der Waals surface area contributed by atoms with Crippen molar-refractivity contribution in [2.24, 2.45) is 0 Å². The van der Waals surface area contributed by atoms with E-state index in [1.54, 1.807) is 18.3 Å². The van der Waals surface area contributed by atoms with Crippen molar-refractivity contribution >= 4 is 51.6 Å². The third-order valence-corrected chi connectivity index (χ3v) is 5.72. The second-order valence-electron chi connectivity index (χ2n) is 6.34. The van der Waals surface area contributed by atoms with Gasteiger partial charge in [0, 0.05) is 6.04 Å². The van der Waals surface area contributed by atoms with E-state index in [1.807, 2.05) is 12.1 Å². The van der Waals surface area contributed by atoms with E-state index in [0.29, 0.717) is 33.8 Å². The number of fused-ring (bicyclic) bond motifs is 1. The molecule has 3 N–H and O–H groups in total. The number of aromatic carboxylic acids is 1. The predicted octanol–water partition coefficient (Wildman–Crippen LogP) is 3.68. The third kappa shape index (κ3) is 4.04. The Balaban J connectivity index is 1.55. The summed E-state index contributed by atoms with van der Waals surface area (Å²) in [4.78, 5) is 25.5. The van der Waals surface area contributed by atoms with Gasteiger partial charge in [-0.05, 0) is 49.3 Å². The number of pyridine rings is 1. The highest BCUT2D eigenvalue weighted by atomic mass is 32.1. The van der Waals surface area contributed by atoms with Gasteiger partial charge in [-0.1, -0.05) is 12.8 Å². The Hall–Kier alpha value is -2.65. The molecule has 0 aliphatic heterocycles. The number of aromatic nitrogens is 3. The maximum absolute atomic E-state index is 11.1. The van der Waals surface area contributed by atoms with Crippen LogP contribution in [0.1, 0.15) is 35.4 Å². The number of anilines is 1. The van der Waals surface area contributed by atoms with E-state index in [1.165, 1.54) is 12.8 Å². The van der Waals surface area contributed by atoms with E-state index in [-0.39, 0.29) is 4.88 Å². The summed E-state index contributed by atoms with van der Waals surface area (Å²) in [6.07, 6.45) is 6.38. The molecule has 1 aliphatic carbocycles. The van der Waals surface area contributed by atoms with Crippen molar-refractivity contribution in [3.05, 3.63) is 35.3 Å². The summed E-state index contributed by atoms with van der Waals surface area (Å²) >= 11 is 6.53. The van der Waals surface area contributed by atoms with Gasteiger partial charge < -0.3 is 15.7 Å². The Bertz CT molecular complexity index is 1010. The molecular weight excluding hydrogens is 382 g/mol. The van der Waals surface area contributed by atoms with Crippen molar-refractivity contribution < 1.29 is 9.90 Å². The monoisotopic (exact) mass is 399 g/mol. The number of carboxylic acid groups (broad SMARTS) is 1. The molecule has 3 heterocycles. The molecule has 0 atom stereocenters. The van der Waals surface area contributed by atoms with Crippen molar-refractivity contribution in [2.75, 3.05) is 5.32 Å². The highest BCUT2D eigenvalue weighted by Crippen LogP contribution is 2.27. The molecule has 1 fully saturated rings. The van der Waals surface area contributed by atoms with Gasteiger partial charge in [0.25, 0.3) is 0 Å². The first-order valence-electron chi connectivity index (χ1n) is 8.63. The number of carbonyl (C=O) groups is 1. The van der Waals surface area contributed by atoms with Gasteiger partial charge in [0.05, 0.1) is 11.1 Å². The Labute approximate surface area is 164 Å². The SMILES string of the molecule is O=C(O)c1ccc(-c2cnc3ccc(NC(=S)NC4CCCC4)nc3n2)s1. The van der Waals surface area contributed by atoms with Crippen molar-refractivity contribution in [2.45, 2.75) is 31.7 Å². The number of thiocarbonyl (C=S) groups is 1. The number of rotatable bonds is 4. The Morgan fingerprint density at radius 3 is 2.74 bits per heavy atom. The minimum atomic E-state index is -0.951. The third-order valence-electron chi connectivity index (χ3n) is 4.41. The molecule has 27 heavy (non-hydrogen) atoms. The number of hydrogen-bond donors (Lipinski definition) is 3. The van der Waals surface area contributed by atoms with Crippen LogP contribution in [0.15, 0.2) is 30.5 Å². The maximum Gasteiger partial charge on any atom is 0.345 e. The van der Waals surface area contributed by atoms with Crippen molar-refractivity contribution in [3.63, 3.8) is 0 Å². The smallest absolute Gasteiger partial charge is 0.345 e. The van der Waals surface area contributed by atoms with Gasteiger partial charge in [0.2, 0.25) is 0 Å². The highest BCUT2D eigenvalue weighted by Gasteiger charge is 2.16. The van der Waals surface area contributed by atoms with E-state index in [4.69, 9.17) is 17.3 Å². The molecule has 4 rings (SSSR count). The molecule has 0 saturated heterocycles. The second-order valence-corrected chi connectivity index (χ2v) is 7.84. The fourth-order valence-electron chi connectivity index (χ4n) is 3.08. The first-order valence-corrected chi connectivity index (χ1v) is 9.86. The van der Waals surface area contributed by atoms with Crippen molar-refractivity contribution in [1.82, 2.24) is 20.3 Å². The van der Waals surface area contributed by atoms with Gasteiger partial charge in [-0.15, -0.1) is 11.3 Å². The minimum absolute atomic E-state index is 0.263. The fourth-order valence-corrected chi connectivity index (χ4v) is 4.16. The highest BCUT2D eigenvalue weighted by molar-refractivity contribution is 7.80. The van der Waals surface area contributed by atoms with Crippen LogP contribution in [0.25, 0.3) is 21.7 Å². The van der Waals surface area contributed by atoms with Crippen LogP contribution in [-0.4, -0.2) is 37.2 Å². The molecule has 3 aromatic rings. The molecule has 138 valence electrons. The lowest BCUT2D eigenvalue weighted by Crippen LogP contribution is -2.36. The van der Waals surface area contributed by atoms with Gasteiger partial charge >= 0.3 is 5.97 Å². The van der Waals surface area contributed by atoms with E-state index >= 15 is 0 Å². The summed E-state index contributed by atoms with van der Waals surface area (Å²) in [6.45, 7) is 0. The van der Waals surface area contributed by atoms with Crippen LogP contribution in [0.3, 0.4) is 0 Å². The molecule has 0 amide bonds. The Morgan fingerprint density at radius 2 is 2.00 bits per heavy atom.